The Morgan fingerprint density at radius 3 is 2.14 bits per heavy atom. The van der Waals surface area contributed by atoms with Crippen molar-refractivity contribution in [2.75, 3.05) is 0 Å². The fourth-order valence-corrected chi connectivity index (χ4v) is 5.68. The van der Waals surface area contributed by atoms with Crippen LogP contribution in [-0.2, 0) is 4.79 Å². The Labute approximate surface area is 183 Å². The van der Waals surface area contributed by atoms with Crippen LogP contribution in [0.25, 0.3) is 0 Å². The highest BCUT2D eigenvalue weighted by Crippen LogP contribution is 2.54. The summed E-state index contributed by atoms with van der Waals surface area (Å²) in [6.45, 7) is 2.10. The third-order valence-electron chi connectivity index (χ3n) is 6.98. The zero-order valence-corrected chi connectivity index (χ0v) is 18.2. The molecule has 2 nitrogen and oxygen atoms in total. The van der Waals surface area contributed by atoms with Crippen LogP contribution >= 0.6 is 23.2 Å². The second kappa shape index (κ2) is 7.63. The molecule has 2 aromatic carbocycles. The van der Waals surface area contributed by atoms with Gasteiger partial charge in [0.25, 0.3) is 0 Å². The third kappa shape index (κ3) is 3.82. The molecule has 5 rings (SSSR count). The summed E-state index contributed by atoms with van der Waals surface area (Å²) in [5.74, 6) is 1.94. The highest BCUT2D eigenvalue weighted by molar-refractivity contribution is 6.30. The maximum atomic E-state index is 13.6. The summed E-state index contributed by atoms with van der Waals surface area (Å²) in [5.41, 5.74) is 2.41. The monoisotopic (exact) mass is 427 g/mol. The largest absolute Gasteiger partial charge is 0.331 e. The van der Waals surface area contributed by atoms with Crippen LogP contribution in [0.5, 0.6) is 0 Å². The molecular formula is C25H27Cl2NO. The van der Waals surface area contributed by atoms with Gasteiger partial charge in [-0.2, -0.15) is 0 Å². The van der Waals surface area contributed by atoms with Gasteiger partial charge in [-0.25, -0.2) is 0 Å². The van der Waals surface area contributed by atoms with E-state index < -0.39 is 0 Å². The van der Waals surface area contributed by atoms with Gasteiger partial charge in [0.15, 0.2) is 0 Å². The minimum atomic E-state index is 0.0301. The molecular weight excluding hydrogens is 401 g/mol. The first-order valence-corrected chi connectivity index (χ1v) is 11.6. The summed E-state index contributed by atoms with van der Waals surface area (Å²) in [6, 6.07) is 16.8. The molecule has 1 saturated heterocycles. The molecule has 29 heavy (non-hydrogen) atoms. The molecule has 0 N–H and O–H groups in total. The molecule has 0 spiro atoms. The zero-order chi connectivity index (χ0) is 20.1. The predicted molar refractivity (Wildman–Crippen MR) is 118 cm³/mol. The predicted octanol–water partition coefficient (Wildman–Crippen LogP) is 6.88. The van der Waals surface area contributed by atoms with E-state index in [-0.39, 0.29) is 17.9 Å². The average Bonchev–Trinajstić information content (AvgIpc) is 3.61. The quantitative estimate of drug-likeness (QED) is 0.509. The summed E-state index contributed by atoms with van der Waals surface area (Å²) in [6.07, 6.45) is 5.89. The third-order valence-corrected chi connectivity index (χ3v) is 7.47. The average molecular weight is 428 g/mol. The second-order valence-corrected chi connectivity index (χ2v) is 10.1. The van der Waals surface area contributed by atoms with E-state index in [9.17, 15) is 4.79 Å². The van der Waals surface area contributed by atoms with Crippen molar-refractivity contribution < 1.29 is 4.79 Å². The van der Waals surface area contributed by atoms with Gasteiger partial charge in [0.05, 0.1) is 6.04 Å². The fraction of sp³-hybridized carbons (Fsp3) is 0.480. The lowest BCUT2D eigenvalue weighted by atomic mass is 9.75. The summed E-state index contributed by atoms with van der Waals surface area (Å²) >= 11 is 12.6. The normalized spacial score (nSPS) is 27.5. The van der Waals surface area contributed by atoms with Crippen LogP contribution in [0.2, 0.25) is 10.0 Å². The number of carbonyl (C=O) groups is 1. The van der Waals surface area contributed by atoms with E-state index >= 15 is 0 Å². The molecule has 2 unspecified atom stereocenters. The van der Waals surface area contributed by atoms with E-state index in [0.29, 0.717) is 23.8 Å². The van der Waals surface area contributed by atoms with Gasteiger partial charge < -0.3 is 4.90 Å². The Balaban J connectivity index is 1.63. The Hall–Kier alpha value is -1.51. The maximum absolute atomic E-state index is 13.6. The van der Waals surface area contributed by atoms with E-state index in [0.717, 1.165) is 16.5 Å². The lowest BCUT2D eigenvalue weighted by Gasteiger charge is -2.48. The van der Waals surface area contributed by atoms with Crippen molar-refractivity contribution >= 4 is 29.1 Å². The first-order chi connectivity index (χ1) is 14.0. The van der Waals surface area contributed by atoms with Gasteiger partial charge >= 0.3 is 0 Å². The lowest BCUT2D eigenvalue weighted by Crippen LogP contribution is -2.52. The van der Waals surface area contributed by atoms with Gasteiger partial charge in [0.1, 0.15) is 0 Å². The fourth-order valence-electron chi connectivity index (χ4n) is 5.35. The summed E-state index contributed by atoms with van der Waals surface area (Å²) < 4.78 is 0. The van der Waals surface area contributed by atoms with Crippen LogP contribution in [0.3, 0.4) is 0 Å². The molecule has 3 fully saturated rings. The van der Waals surface area contributed by atoms with Crippen LogP contribution in [0.4, 0.5) is 0 Å². The molecule has 0 radical (unpaired) electrons. The van der Waals surface area contributed by atoms with Crippen molar-refractivity contribution in [2.45, 2.75) is 57.0 Å². The number of rotatable bonds is 5. The zero-order valence-electron chi connectivity index (χ0n) is 16.7. The Bertz CT molecular complexity index is 891. The molecule has 1 heterocycles. The summed E-state index contributed by atoms with van der Waals surface area (Å²) in [4.78, 5) is 15.9. The van der Waals surface area contributed by atoms with Crippen molar-refractivity contribution in [1.82, 2.24) is 4.90 Å². The molecule has 3 atom stereocenters. The highest BCUT2D eigenvalue weighted by Gasteiger charge is 2.52. The molecule has 2 aliphatic carbocycles. The first kappa shape index (κ1) is 19.5. The number of halogens is 2. The minimum Gasteiger partial charge on any atom is -0.331 e. The molecule has 2 aromatic rings. The van der Waals surface area contributed by atoms with Gasteiger partial charge in [0.2, 0.25) is 5.91 Å². The SMILES string of the molecule is CC1C[C@H](c2cccc(Cl)c2)C(c2ccc(Cl)cc2)N(C(C2CC2)C2CC2)C1=O. The van der Waals surface area contributed by atoms with Gasteiger partial charge in [0, 0.05) is 27.9 Å². The maximum Gasteiger partial charge on any atom is 0.226 e. The molecule has 2 saturated carbocycles. The van der Waals surface area contributed by atoms with Crippen molar-refractivity contribution in [2.24, 2.45) is 17.8 Å². The van der Waals surface area contributed by atoms with E-state index in [1.807, 2.05) is 24.3 Å². The molecule has 1 aliphatic heterocycles. The van der Waals surface area contributed by atoms with Crippen molar-refractivity contribution in [3.63, 3.8) is 0 Å². The summed E-state index contributed by atoms with van der Waals surface area (Å²) in [7, 11) is 0. The van der Waals surface area contributed by atoms with Crippen molar-refractivity contribution in [3.05, 3.63) is 69.7 Å². The lowest BCUT2D eigenvalue weighted by molar-refractivity contribution is -0.147. The van der Waals surface area contributed by atoms with Crippen LogP contribution in [-0.4, -0.2) is 16.8 Å². The van der Waals surface area contributed by atoms with E-state index in [2.05, 4.69) is 36.1 Å². The van der Waals surface area contributed by atoms with E-state index in [4.69, 9.17) is 23.2 Å². The minimum absolute atomic E-state index is 0.0301. The Morgan fingerprint density at radius 1 is 0.897 bits per heavy atom. The van der Waals surface area contributed by atoms with Crippen LogP contribution in [0.1, 0.15) is 62.1 Å². The van der Waals surface area contributed by atoms with E-state index in [1.54, 1.807) is 0 Å². The number of benzene rings is 2. The first-order valence-electron chi connectivity index (χ1n) is 10.9. The molecule has 3 aliphatic rings. The van der Waals surface area contributed by atoms with Gasteiger partial charge in [-0.05, 0) is 79.3 Å². The molecule has 1 amide bonds. The smallest absolute Gasteiger partial charge is 0.226 e. The number of nitrogens with zero attached hydrogens (tertiary/aromatic N) is 1. The van der Waals surface area contributed by atoms with Crippen molar-refractivity contribution in [3.8, 4) is 0 Å². The van der Waals surface area contributed by atoms with Crippen LogP contribution in [0.15, 0.2) is 48.5 Å². The highest BCUT2D eigenvalue weighted by atomic mass is 35.5. The number of amides is 1. The van der Waals surface area contributed by atoms with E-state index in [1.165, 1.54) is 36.8 Å². The van der Waals surface area contributed by atoms with Gasteiger partial charge in [-0.15, -0.1) is 0 Å². The number of piperidine rings is 1. The number of hydrogen-bond donors (Lipinski definition) is 0. The number of likely N-dealkylation sites (tertiary alicyclic amines) is 1. The molecule has 152 valence electrons. The topological polar surface area (TPSA) is 20.3 Å². The van der Waals surface area contributed by atoms with Crippen LogP contribution < -0.4 is 0 Å². The van der Waals surface area contributed by atoms with Gasteiger partial charge in [-0.1, -0.05) is 54.4 Å². The number of carbonyl (C=O) groups excluding carboxylic acids is 1. The number of hydrogen-bond acceptors (Lipinski definition) is 1. The summed E-state index contributed by atoms with van der Waals surface area (Å²) in [5, 5.41) is 1.49. The standard InChI is InChI=1S/C25H27Cl2NO/c1-15-13-22(19-3-2-4-21(27)14-19)24(18-9-11-20(26)12-10-18)28(25(15)29)23(16-5-6-16)17-7-8-17/h2-4,9-12,14-17,22-24H,5-8,13H2,1H3/t15?,22-,24?/m1/s1. The van der Waals surface area contributed by atoms with Gasteiger partial charge in [-0.3, -0.25) is 4.79 Å². The molecule has 0 aromatic heterocycles. The van der Waals surface area contributed by atoms with Crippen molar-refractivity contribution in [1.29, 1.82) is 0 Å². The molecule has 4 heteroatoms. The van der Waals surface area contributed by atoms with Crippen LogP contribution in [0, 0.1) is 17.8 Å². The molecule has 0 bridgehead atoms. The Morgan fingerprint density at radius 2 is 1.55 bits per heavy atom. The Kier molecular flexibility index (Phi) is 5.12. The second-order valence-electron chi connectivity index (χ2n) is 9.21.